The van der Waals surface area contributed by atoms with Gasteiger partial charge in [0, 0.05) is 29.1 Å². The summed E-state index contributed by atoms with van der Waals surface area (Å²) in [5.41, 5.74) is 1.69. The average Bonchev–Trinajstić information content (AvgIpc) is 2.96. The number of sulfonamides is 1. The number of carbonyl (C=O) groups excluding carboxylic acids is 2. The summed E-state index contributed by atoms with van der Waals surface area (Å²) in [4.78, 5) is 29.6. The zero-order valence-corrected chi connectivity index (χ0v) is 26.4. The van der Waals surface area contributed by atoms with Gasteiger partial charge in [-0.3, -0.25) is 13.9 Å². The van der Waals surface area contributed by atoms with Crippen LogP contribution < -0.4 is 9.62 Å². The van der Waals surface area contributed by atoms with E-state index in [1.165, 1.54) is 23.1 Å². The molecule has 0 heterocycles. The van der Waals surface area contributed by atoms with Crippen LogP contribution in [0, 0.1) is 0 Å². The minimum absolute atomic E-state index is 0.0230. The molecule has 1 aliphatic carbocycles. The number of benzene rings is 3. The molecule has 0 bridgehead atoms. The third-order valence-electron chi connectivity index (χ3n) is 7.34. The van der Waals surface area contributed by atoms with Crippen LogP contribution in [-0.4, -0.2) is 50.0 Å². The Morgan fingerprint density at radius 2 is 1.52 bits per heavy atom. The molecule has 3 aromatic rings. The summed E-state index contributed by atoms with van der Waals surface area (Å²) in [5, 5.41) is 4.10. The van der Waals surface area contributed by atoms with Gasteiger partial charge in [0.05, 0.1) is 17.0 Å². The molecule has 42 heavy (non-hydrogen) atoms. The van der Waals surface area contributed by atoms with Gasteiger partial charge in [0.2, 0.25) is 21.8 Å². The quantitative estimate of drug-likeness (QED) is 0.257. The maximum atomic E-state index is 14.2. The van der Waals surface area contributed by atoms with Gasteiger partial charge in [0.15, 0.2) is 0 Å². The van der Waals surface area contributed by atoms with E-state index >= 15 is 0 Å². The number of anilines is 1. The topological polar surface area (TPSA) is 86.8 Å². The average molecular weight is 651 g/mol. The van der Waals surface area contributed by atoms with Crippen LogP contribution >= 0.6 is 34.8 Å². The largest absolute Gasteiger partial charge is 0.352 e. The van der Waals surface area contributed by atoms with Crippen molar-refractivity contribution in [1.82, 2.24) is 10.2 Å². The van der Waals surface area contributed by atoms with Crippen molar-refractivity contribution >= 4 is 62.3 Å². The number of rotatable bonds is 11. The molecule has 0 aliphatic heterocycles. The van der Waals surface area contributed by atoms with E-state index in [1.807, 2.05) is 30.3 Å². The smallest absolute Gasteiger partial charge is 0.244 e. The molecule has 0 radical (unpaired) electrons. The maximum Gasteiger partial charge on any atom is 0.244 e. The van der Waals surface area contributed by atoms with Gasteiger partial charge >= 0.3 is 0 Å². The highest BCUT2D eigenvalue weighted by atomic mass is 35.5. The molecule has 2 amide bonds. The van der Waals surface area contributed by atoms with Crippen LogP contribution in [0.3, 0.4) is 0 Å². The first-order valence-corrected chi connectivity index (χ1v) is 16.8. The molecular formula is C31H34Cl3N3O4S. The van der Waals surface area contributed by atoms with Gasteiger partial charge in [-0.05, 0) is 54.3 Å². The van der Waals surface area contributed by atoms with Crippen molar-refractivity contribution in [3.8, 4) is 0 Å². The van der Waals surface area contributed by atoms with Crippen LogP contribution in [0.2, 0.25) is 15.1 Å². The van der Waals surface area contributed by atoms with E-state index in [0.29, 0.717) is 5.02 Å². The third kappa shape index (κ3) is 8.86. The predicted molar refractivity (Wildman–Crippen MR) is 170 cm³/mol. The lowest BCUT2D eigenvalue weighted by Gasteiger charge is -2.35. The van der Waals surface area contributed by atoms with Crippen LogP contribution in [-0.2, 0) is 32.6 Å². The highest BCUT2D eigenvalue weighted by Gasteiger charge is 2.34. The van der Waals surface area contributed by atoms with E-state index in [9.17, 15) is 18.0 Å². The van der Waals surface area contributed by atoms with Gasteiger partial charge in [0.1, 0.15) is 12.6 Å². The molecule has 0 spiro atoms. The van der Waals surface area contributed by atoms with E-state index in [-0.39, 0.29) is 40.6 Å². The summed E-state index contributed by atoms with van der Waals surface area (Å²) >= 11 is 18.6. The predicted octanol–water partition coefficient (Wildman–Crippen LogP) is 6.50. The summed E-state index contributed by atoms with van der Waals surface area (Å²) in [7, 11) is -3.97. The van der Waals surface area contributed by atoms with Crippen LogP contribution in [0.1, 0.15) is 43.2 Å². The lowest BCUT2D eigenvalue weighted by atomic mass is 9.94. The standard InChI is InChI=1S/C31H34Cl3N3O4S/c1-42(40,41)37(28-19-25(33)16-17-27(28)34)21-30(38)36(20-23-12-14-24(32)15-13-23)29(18-22-8-4-2-5-9-22)31(39)35-26-10-6-3-7-11-26/h2,4-5,8-9,12-17,19,26,29H,3,6-7,10-11,18,20-21H2,1H3,(H,35,39)/t29-/m1/s1. The van der Waals surface area contributed by atoms with E-state index in [4.69, 9.17) is 34.8 Å². The molecule has 0 saturated heterocycles. The Kier molecular flexibility index (Phi) is 11.2. The Bertz CT molecular complexity index is 1480. The lowest BCUT2D eigenvalue weighted by Crippen LogP contribution is -2.55. The van der Waals surface area contributed by atoms with Crippen LogP contribution in [0.25, 0.3) is 0 Å². The number of hydrogen-bond donors (Lipinski definition) is 1. The minimum Gasteiger partial charge on any atom is -0.352 e. The summed E-state index contributed by atoms with van der Waals surface area (Å²) in [6.45, 7) is -0.513. The van der Waals surface area contributed by atoms with E-state index in [2.05, 4.69) is 5.32 Å². The van der Waals surface area contributed by atoms with Gasteiger partial charge < -0.3 is 10.2 Å². The second-order valence-electron chi connectivity index (χ2n) is 10.6. The summed E-state index contributed by atoms with van der Waals surface area (Å²) in [6, 6.07) is 20.0. The van der Waals surface area contributed by atoms with Crippen molar-refractivity contribution in [2.45, 2.75) is 57.2 Å². The molecule has 7 nitrogen and oxygen atoms in total. The molecule has 11 heteroatoms. The fraction of sp³-hybridized carbons (Fsp3) is 0.355. The molecule has 4 rings (SSSR count). The second-order valence-corrected chi connectivity index (χ2v) is 13.7. The number of nitrogens with one attached hydrogen (secondary N) is 1. The van der Waals surface area contributed by atoms with Gasteiger partial charge in [-0.1, -0.05) is 96.5 Å². The molecular weight excluding hydrogens is 617 g/mol. The molecule has 224 valence electrons. The Balaban J connectivity index is 1.73. The molecule has 1 saturated carbocycles. The van der Waals surface area contributed by atoms with Gasteiger partial charge in [0.25, 0.3) is 0 Å². The summed E-state index contributed by atoms with van der Waals surface area (Å²) in [5.74, 6) is -0.842. The monoisotopic (exact) mass is 649 g/mol. The number of carbonyl (C=O) groups is 2. The normalized spacial score (nSPS) is 14.7. The maximum absolute atomic E-state index is 14.2. The fourth-order valence-corrected chi connectivity index (χ4v) is 6.57. The van der Waals surface area contributed by atoms with Crippen LogP contribution in [0.5, 0.6) is 0 Å². The first-order valence-electron chi connectivity index (χ1n) is 13.8. The summed E-state index contributed by atoms with van der Waals surface area (Å²) in [6.07, 6.45) is 6.20. The van der Waals surface area contributed by atoms with E-state index < -0.39 is 28.5 Å². The molecule has 1 atom stereocenters. The number of halogens is 3. The van der Waals surface area contributed by atoms with Gasteiger partial charge in [-0.15, -0.1) is 0 Å². The first-order chi connectivity index (χ1) is 20.0. The molecule has 1 N–H and O–H groups in total. The Hall–Kier alpha value is -2.78. The van der Waals surface area contributed by atoms with Gasteiger partial charge in [-0.2, -0.15) is 0 Å². The van der Waals surface area contributed by atoms with Crippen molar-refractivity contribution < 1.29 is 18.0 Å². The van der Waals surface area contributed by atoms with Crippen LogP contribution in [0.15, 0.2) is 72.8 Å². The SMILES string of the molecule is CS(=O)(=O)N(CC(=O)N(Cc1ccc(Cl)cc1)[C@H](Cc1ccccc1)C(=O)NC1CCCCC1)c1cc(Cl)ccc1Cl. The van der Waals surface area contributed by atoms with Crippen molar-refractivity contribution in [3.63, 3.8) is 0 Å². The van der Waals surface area contributed by atoms with E-state index in [1.54, 1.807) is 24.3 Å². The molecule has 1 fully saturated rings. The van der Waals surface area contributed by atoms with Crippen molar-refractivity contribution in [2.75, 3.05) is 17.1 Å². The zero-order valence-electron chi connectivity index (χ0n) is 23.3. The third-order valence-corrected chi connectivity index (χ3v) is 9.28. The number of nitrogens with zero attached hydrogens (tertiary/aromatic N) is 2. The molecule has 0 unspecified atom stereocenters. The first kappa shape index (κ1) is 32.1. The van der Waals surface area contributed by atoms with Crippen molar-refractivity contribution in [1.29, 1.82) is 0 Å². The molecule has 0 aromatic heterocycles. The number of hydrogen-bond acceptors (Lipinski definition) is 4. The lowest BCUT2D eigenvalue weighted by molar-refractivity contribution is -0.140. The van der Waals surface area contributed by atoms with E-state index in [0.717, 1.165) is 53.8 Å². The van der Waals surface area contributed by atoms with Crippen molar-refractivity contribution in [2.24, 2.45) is 0 Å². The van der Waals surface area contributed by atoms with Crippen molar-refractivity contribution in [3.05, 3.63) is 99.0 Å². The highest BCUT2D eigenvalue weighted by Crippen LogP contribution is 2.31. The Morgan fingerprint density at radius 1 is 0.881 bits per heavy atom. The molecule has 1 aliphatic rings. The Morgan fingerprint density at radius 3 is 2.17 bits per heavy atom. The van der Waals surface area contributed by atoms with Crippen LogP contribution in [0.4, 0.5) is 5.69 Å². The highest BCUT2D eigenvalue weighted by molar-refractivity contribution is 7.92. The van der Waals surface area contributed by atoms with Gasteiger partial charge in [-0.25, -0.2) is 8.42 Å². The fourth-order valence-electron chi connectivity index (χ4n) is 5.16. The Labute approximate surface area is 262 Å². The minimum atomic E-state index is -3.97. The number of amides is 2. The molecule has 3 aromatic carbocycles. The zero-order chi connectivity index (χ0) is 30.3. The summed E-state index contributed by atoms with van der Waals surface area (Å²) < 4.78 is 26.9. The second kappa shape index (κ2) is 14.6.